The summed E-state index contributed by atoms with van der Waals surface area (Å²) >= 11 is 6.33. The van der Waals surface area contributed by atoms with Gasteiger partial charge >= 0.3 is 12.1 Å². The first-order valence-corrected chi connectivity index (χ1v) is 11.4. The van der Waals surface area contributed by atoms with Gasteiger partial charge in [-0.3, -0.25) is 4.79 Å². The number of nitrogens with zero attached hydrogens (tertiary/aromatic N) is 2. The van der Waals surface area contributed by atoms with Crippen molar-refractivity contribution in [1.82, 2.24) is 14.9 Å². The molecule has 3 aromatic rings. The second-order valence-electron chi connectivity index (χ2n) is 9.34. The maximum absolute atomic E-state index is 13.5. The van der Waals surface area contributed by atoms with Crippen LogP contribution in [0.4, 0.5) is 13.2 Å². The first kappa shape index (κ1) is 25.7. The van der Waals surface area contributed by atoms with Gasteiger partial charge in [0.15, 0.2) is 0 Å². The van der Waals surface area contributed by atoms with Gasteiger partial charge < -0.3 is 20.1 Å². The highest BCUT2D eigenvalue weighted by atomic mass is 35.5. The molecule has 1 aromatic heterocycles. The molecule has 0 radical (unpaired) electrons. The van der Waals surface area contributed by atoms with Crippen molar-refractivity contribution in [3.63, 3.8) is 0 Å². The van der Waals surface area contributed by atoms with Gasteiger partial charge in [-0.1, -0.05) is 24.3 Å². The first-order chi connectivity index (χ1) is 16.7. The average Bonchev–Trinajstić information content (AvgIpc) is 3.49. The first-order valence-electron chi connectivity index (χ1n) is 11.0. The number of nitrogens with one attached hydrogen (secondary N) is 1. The molecule has 1 amide bonds. The van der Waals surface area contributed by atoms with E-state index in [-0.39, 0.29) is 28.8 Å². The predicted molar refractivity (Wildman–Crippen MR) is 125 cm³/mol. The molecule has 0 unspecified atom stereocenters. The van der Waals surface area contributed by atoms with E-state index >= 15 is 0 Å². The van der Waals surface area contributed by atoms with Crippen molar-refractivity contribution in [3.05, 3.63) is 87.5 Å². The van der Waals surface area contributed by atoms with Gasteiger partial charge in [-0.2, -0.15) is 13.2 Å². The summed E-state index contributed by atoms with van der Waals surface area (Å²) in [5, 5.41) is 22.7. The number of aromatic nitrogens is 2. The van der Waals surface area contributed by atoms with E-state index in [1.165, 1.54) is 42.7 Å². The lowest BCUT2D eigenvalue weighted by Gasteiger charge is -2.22. The Morgan fingerprint density at radius 1 is 1.08 bits per heavy atom. The maximum Gasteiger partial charge on any atom is 0.416 e. The molecule has 0 atom stereocenters. The fraction of sp³-hybridized carbons (Fsp3) is 0.320. The van der Waals surface area contributed by atoms with E-state index < -0.39 is 34.8 Å². The van der Waals surface area contributed by atoms with E-state index in [1.807, 2.05) is 0 Å². The normalized spacial score (nSPS) is 15.0. The lowest BCUT2D eigenvalue weighted by atomic mass is 10.0. The average molecular weight is 522 g/mol. The number of hydrogen-bond donors (Lipinski definition) is 3. The van der Waals surface area contributed by atoms with E-state index in [0.29, 0.717) is 18.4 Å². The fourth-order valence-corrected chi connectivity index (χ4v) is 4.26. The summed E-state index contributed by atoms with van der Waals surface area (Å²) in [4.78, 5) is 28.9. The molecule has 1 saturated carbocycles. The van der Waals surface area contributed by atoms with E-state index in [4.69, 9.17) is 16.7 Å². The quantitative estimate of drug-likeness (QED) is 0.408. The second kappa shape index (κ2) is 8.94. The molecule has 7 nitrogen and oxygen atoms in total. The Hall–Kier alpha value is -3.37. The van der Waals surface area contributed by atoms with E-state index in [1.54, 1.807) is 12.1 Å². The summed E-state index contributed by atoms with van der Waals surface area (Å²) in [6, 6.07) is 10.7. The third kappa shape index (κ3) is 5.10. The molecule has 1 fully saturated rings. The van der Waals surface area contributed by atoms with Crippen molar-refractivity contribution in [2.75, 3.05) is 0 Å². The summed E-state index contributed by atoms with van der Waals surface area (Å²) in [7, 11) is 0. The van der Waals surface area contributed by atoms with Crippen LogP contribution in [0.2, 0.25) is 5.28 Å². The predicted octanol–water partition coefficient (Wildman–Crippen LogP) is 4.95. The van der Waals surface area contributed by atoms with Crippen LogP contribution in [0.5, 0.6) is 0 Å². The number of alkyl halides is 3. The van der Waals surface area contributed by atoms with Crippen molar-refractivity contribution >= 4 is 23.5 Å². The minimum atomic E-state index is -4.48. The lowest BCUT2D eigenvalue weighted by molar-refractivity contribution is -0.137. The Morgan fingerprint density at radius 3 is 2.14 bits per heavy atom. The van der Waals surface area contributed by atoms with Crippen molar-refractivity contribution in [2.45, 2.75) is 50.6 Å². The van der Waals surface area contributed by atoms with Crippen LogP contribution in [0, 0.1) is 0 Å². The van der Waals surface area contributed by atoms with Crippen LogP contribution in [0.15, 0.2) is 48.5 Å². The number of hydrogen-bond acceptors (Lipinski definition) is 4. The van der Waals surface area contributed by atoms with Gasteiger partial charge in [0.2, 0.25) is 5.28 Å². The number of aromatic carboxylic acids is 1. The van der Waals surface area contributed by atoms with Crippen LogP contribution >= 0.6 is 11.6 Å². The Labute approximate surface area is 209 Å². The summed E-state index contributed by atoms with van der Waals surface area (Å²) < 4.78 is 40.1. The van der Waals surface area contributed by atoms with E-state index in [9.17, 15) is 27.9 Å². The second-order valence-corrected chi connectivity index (χ2v) is 9.67. The molecule has 1 aliphatic rings. The van der Waals surface area contributed by atoms with Gasteiger partial charge in [0, 0.05) is 0 Å². The van der Waals surface area contributed by atoms with Crippen molar-refractivity contribution < 1.29 is 33.0 Å². The fourth-order valence-electron chi connectivity index (χ4n) is 4.03. The summed E-state index contributed by atoms with van der Waals surface area (Å²) in [5.74, 6) is -1.63. The molecule has 0 aliphatic heterocycles. The van der Waals surface area contributed by atoms with Crippen LogP contribution in [-0.2, 0) is 23.9 Å². The number of imidazole rings is 1. The smallest absolute Gasteiger partial charge is 0.416 e. The lowest BCUT2D eigenvalue weighted by Crippen LogP contribution is -2.37. The van der Waals surface area contributed by atoms with Gasteiger partial charge in [-0.25, -0.2) is 9.78 Å². The molecule has 1 aliphatic carbocycles. The number of benzene rings is 2. The summed E-state index contributed by atoms with van der Waals surface area (Å²) in [5.41, 5.74) is -1.76. The summed E-state index contributed by atoms with van der Waals surface area (Å²) in [6.07, 6.45) is -3.25. The Morgan fingerprint density at radius 2 is 1.67 bits per heavy atom. The number of rotatable bonds is 7. The van der Waals surface area contributed by atoms with Gasteiger partial charge in [-0.15, -0.1) is 0 Å². The molecular formula is C25H23ClF3N3O4. The maximum atomic E-state index is 13.5. The van der Waals surface area contributed by atoms with Gasteiger partial charge in [0.05, 0.1) is 23.2 Å². The number of aliphatic hydroxyl groups is 1. The zero-order chi connectivity index (χ0) is 26.5. The molecule has 0 bridgehead atoms. The highest BCUT2D eigenvalue weighted by molar-refractivity contribution is 6.29. The number of amides is 1. The van der Waals surface area contributed by atoms with Crippen molar-refractivity contribution in [2.24, 2.45) is 0 Å². The molecule has 36 heavy (non-hydrogen) atoms. The molecule has 11 heteroatoms. The molecule has 1 heterocycles. The van der Waals surface area contributed by atoms with Crippen LogP contribution in [0.3, 0.4) is 0 Å². The highest BCUT2D eigenvalue weighted by Gasteiger charge is 2.47. The molecule has 0 spiro atoms. The number of carbonyl (C=O) groups is 2. The largest absolute Gasteiger partial charge is 0.478 e. The highest BCUT2D eigenvalue weighted by Crippen LogP contribution is 2.46. The minimum absolute atomic E-state index is 0.0131. The topological polar surface area (TPSA) is 104 Å². The zero-order valence-electron chi connectivity index (χ0n) is 19.4. The SMILES string of the molecule is CC(C)(O)c1nc(Cl)n(Cc2ccc(C(F)(F)F)cc2)c1C(=O)NC1(c2ccc(C(=O)O)cc2)CC1. The number of carboxylic acid groups (broad SMARTS) is 1. The van der Waals surface area contributed by atoms with E-state index in [0.717, 1.165) is 17.7 Å². The number of carboxylic acids is 1. The number of halogens is 4. The third-order valence-corrected chi connectivity index (χ3v) is 6.41. The molecule has 3 N–H and O–H groups in total. The third-order valence-electron chi connectivity index (χ3n) is 6.12. The number of carbonyl (C=O) groups excluding carboxylic acids is 1. The summed E-state index contributed by atoms with van der Waals surface area (Å²) in [6.45, 7) is 2.84. The molecule has 4 rings (SSSR count). The molecule has 0 saturated heterocycles. The van der Waals surface area contributed by atoms with Crippen LogP contribution in [-0.4, -0.2) is 31.6 Å². The molecular weight excluding hydrogens is 499 g/mol. The van der Waals surface area contributed by atoms with Crippen molar-refractivity contribution in [1.29, 1.82) is 0 Å². The Balaban J connectivity index is 1.67. The standard InChI is InChI=1S/C25H23ClF3N3O4/c1-23(2,36)19-18(20(33)31-24(11-12-24)16-9-5-15(6-10-16)21(34)35)32(22(26)30-19)13-14-3-7-17(8-4-14)25(27,28)29/h3-10,36H,11-13H2,1-2H3,(H,31,33)(H,34,35). The van der Waals surface area contributed by atoms with Crippen LogP contribution < -0.4 is 5.32 Å². The Kier molecular flexibility index (Phi) is 6.38. The van der Waals surface area contributed by atoms with Crippen LogP contribution in [0.1, 0.15) is 69.9 Å². The van der Waals surface area contributed by atoms with Crippen LogP contribution in [0.25, 0.3) is 0 Å². The Bertz CT molecular complexity index is 1310. The molecule has 2 aromatic carbocycles. The monoisotopic (exact) mass is 521 g/mol. The van der Waals surface area contributed by atoms with Gasteiger partial charge in [0.1, 0.15) is 17.0 Å². The zero-order valence-corrected chi connectivity index (χ0v) is 20.1. The van der Waals surface area contributed by atoms with E-state index in [2.05, 4.69) is 10.3 Å². The van der Waals surface area contributed by atoms with Gasteiger partial charge in [0.25, 0.3) is 5.91 Å². The molecule has 190 valence electrons. The minimum Gasteiger partial charge on any atom is -0.478 e. The van der Waals surface area contributed by atoms with Gasteiger partial charge in [-0.05, 0) is 73.7 Å². The van der Waals surface area contributed by atoms with Crippen molar-refractivity contribution in [3.8, 4) is 0 Å².